The Hall–Kier alpha value is 0. The lowest BCUT2D eigenvalue weighted by atomic mass is 9.64. The second-order valence-corrected chi connectivity index (χ2v) is 11.3. The van der Waals surface area contributed by atoms with Gasteiger partial charge in [0.15, 0.2) is 0 Å². The molecule has 0 heteroatoms. The van der Waals surface area contributed by atoms with E-state index in [1.54, 1.807) is 64.2 Å². The van der Waals surface area contributed by atoms with E-state index in [0.717, 1.165) is 47.3 Å². The average Bonchev–Trinajstić information content (AvgIpc) is 2.67. The first-order chi connectivity index (χ1) is 12.5. The molecule has 0 heterocycles. The third kappa shape index (κ3) is 5.75. The van der Waals surface area contributed by atoms with Crippen LogP contribution in [0.25, 0.3) is 0 Å². The summed E-state index contributed by atoms with van der Waals surface area (Å²) in [4.78, 5) is 0. The highest BCUT2D eigenvalue weighted by Crippen LogP contribution is 2.46. The Morgan fingerprint density at radius 3 is 1.35 bits per heavy atom. The van der Waals surface area contributed by atoms with Crippen LogP contribution in [0, 0.1) is 47.3 Å². The molecular formula is C26H48. The van der Waals surface area contributed by atoms with Crippen molar-refractivity contribution in [2.45, 2.75) is 118 Å². The zero-order valence-corrected chi connectivity index (χ0v) is 18.5. The predicted molar refractivity (Wildman–Crippen MR) is 115 cm³/mol. The van der Waals surface area contributed by atoms with Gasteiger partial charge in [0.1, 0.15) is 0 Å². The van der Waals surface area contributed by atoms with Crippen molar-refractivity contribution in [3.63, 3.8) is 0 Å². The Balaban J connectivity index is 1.36. The van der Waals surface area contributed by atoms with E-state index in [-0.39, 0.29) is 0 Å². The third-order valence-corrected chi connectivity index (χ3v) is 9.03. The van der Waals surface area contributed by atoms with Crippen LogP contribution in [0.1, 0.15) is 118 Å². The molecule has 1 unspecified atom stereocenters. The fraction of sp³-hybridized carbons (Fsp3) is 1.00. The Bertz CT molecular complexity index is 373. The summed E-state index contributed by atoms with van der Waals surface area (Å²) in [7, 11) is 0. The molecule has 0 N–H and O–H groups in total. The van der Waals surface area contributed by atoms with Crippen molar-refractivity contribution in [3.8, 4) is 0 Å². The molecule has 0 aliphatic heterocycles. The van der Waals surface area contributed by atoms with E-state index in [9.17, 15) is 0 Å². The number of rotatable bonds is 6. The largest absolute Gasteiger partial charge is 0.0628 e. The Morgan fingerprint density at radius 1 is 0.538 bits per heavy atom. The lowest BCUT2D eigenvalue weighted by molar-refractivity contribution is 0.0969. The zero-order chi connectivity index (χ0) is 18.5. The molecule has 0 radical (unpaired) electrons. The Kier molecular flexibility index (Phi) is 7.95. The lowest BCUT2D eigenvalue weighted by Gasteiger charge is -2.42. The molecule has 26 heavy (non-hydrogen) atoms. The fourth-order valence-corrected chi connectivity index (χ4v) is 6.86. The summed E-state index contributed by atoms with van der Waals surface area (Å²) >= 11 is 0. The minimum atomic E-state index is 0.886. The fourth-order valence-electron chi connectivity index (χ4n) is 6.86. The van der Waals surface area contributed by atoms with Crippen LogP contribution in [0.3, 0.4) is 0 Å². The normalized spacial score (nSPS) is 40.5. The van der Waals surface area contributed by atoms with Crippen LogP contribution in [0.4, 0.5) is 0 Å². The summed E-state index contributed by atoms with van der Waals surface area (Å²) in [5.74, 6) is 8.32. The van der Waals surface area contributed by atoms with Crippen molar-refractivity contribution >= 4 is 0 Å². The quantitative estimate of drug-likeness (QED) is 0.445. The molecule has 3 aliphatic rings. The van der Waals surface area contributed by atoms with E-state index in [2.05, 4.69) is 27.7 Å². The summed E-state index contributed by atoms with van der Waals surface area (Å²) in [5.41, 5.74) is 0. The highest BCUT2D eigenvalue weighted by molar-refractivity contribution is 4.86. The van der Waals surface area contributed by atoms with Crippen molar-refractivity contribution in [2.24, 2.45) is 47.3 Å². The first kappa shape index (κ1) is 20.7. The van der Waals surface area contributed by atoms with Crippen molar-refractivity contribution in [1.82, 2.24) is 0 Å². The number of hydrogen-bond acceptors (Lipinski definition) is 0. The standard InChI is InChI=1S/C26H48/c1-19(2)5-8-21(4)22-11-13-24(14-12-22)26-17-15-25(16-18-26)23-9-6-20(3)7-10-23/h19-26H,5-18H2,1-4H3. The molecule has 0 aromatic carbocycles. The molecule has 152 valence electrons. The average molecular weight is 361 g/mol. The molecule has 3 aliphatic carbocycles. The van der Waals surface area contributed by atoms with Crippen LogP contribution in [0.5, 0.6) is 0 Å². The first-order valence-corrected chi connectivity index (χ1v) is 12.5. The minimum Gasteiger partial charge on any atom is -0.0628 e. The second-order valence-electron chi connectivity index (χ2n) is 11.3. The Morgan fingerprint density at radius 2 is 0.923 bits per heavy atom. The summed E-state index contributed by atoms with van der Waals surface area (Å²) in [6.45, 7) is 9.78. The minimum absolute atomic E-state index is 0.886. The van der Waals surface area contributed by atoms with Crippen LogP contribution in [0.2, 0.25) is 0 Å². The van der Waals surface area contributed by atoms with Crippen LogP contribution in [0.15, 0.2) is 0 Å². The predicted octanol–water partition coefficient (Wildman–Crippen LogP) is 8.50. The van der Waals surface area contributed by atoms with Gasteiger partial charge in [0, 0.05) is 0 Å². The number of hydrogen-bond donors (Lipinski definition) is 0. The van der Waals surface area contributed by atoms with Gasteiger partial charge in [0.25, 0.3) is 0 Å². The molecule has 3 saturated carbocycles. The topological polar surface area (TPSA) is 0 Å². The molecule has 3 fully saturated rings. The molecule has 0 aromatic rings. The Labute approximate surface area is 165 Å². The van der Waals surface area contributed by atoms with Gasteiger partial charge in [-0.05, 0) is 112 Å². The first-order valence-electron chi connectivity index (χ1n) is 12.5. The smallest absolute Gasteiger partial charge is 0.0386 e. The van der Waals surface area contributed by atoms with E-state index in [0.29, 0.717) is 0 Å². The van der Waals surface area contributed by atoms with Gasteiger partial charge in [-0.15, -0.1) is 0 Å². The van der Waals surface area contributed by atoms with Crippen molar-refractivity contribution in [3.05, 3.63) is 0 Å². The van der Waals surface area contributed by atoms with Gasteiger partial charge >= 0.3 is 0 Å². The third-order valence-electron chi connectivity index (χ3n) is 9.03. The van der Waals surface area contributed by atoms with E-state index in [4.69, 9.17) is 0 Å². The molecule has 0 amide bonds. The van der Waals surface area contributed by atoms with E-state index >= 15 is 0 Å². The lowest BCUT2D eigenvalue weighted by Crippen LogP contribution is -2.30. The SMILES string of the molecule is CC(C)CCC(C)C1CCC(C2CCC(C3CCC(C)CC3)CC2)CC1. The highest BCUT2D eigenvalue weighted by Gasteiger charge is 2.34. The van der Waals surface area contributed by atoms with E-state index < -0.39 is 0 Å². The van der Waals surface area contributed by atoms with Gasteiger partial charge in [0.2, 0.25) is 0 Å². The highest BCUT2D eigenvalue weighted by atomic mass is 14.4. The van der Waals surface area contributed by atoms with Crippen molar-refractivity contribution < 1.29 is 0 Å². The molecule has 0 nitrogen and oxygen atoms in total. The van der Waals surface area contributed by atoms with Gasteiger partial charge in [-0.3, -0.25) is 0 Å². The zero-order valence-electron chi connectivity index (χ0n) is 18.5. The molecule has 1 atom stereocenters. The maximum atomic E-state index is 2.55. The van der Waals surface area contributed by atoms with E-state index in [1.807, 2.05) is 0 Å². The summed E-state index contributed by atoms with van der Waals surface area (Å²) < 4.78 is 0. The maximum Gasteiger partial charge on any atom is -0.0386 e. The van der Waals surface area contributed by atoms with Gasteiger partial charge in [-0.2, -0.15) is 0 Å². The summed E-state index contributed by atoms with van der Waals surface area (Å²) in [6.07, 6.45) is 21.6. The monoisotopic (exact) mass is 360 g/mol. The van der Waals surface area contributed by atoms with Gasteiger partial charge in [-0.1, -0.05) is 53.4 Å². The van der Waals surface area contributed by atoms with Gasteiger partial charge < -0.3 is 0 Å². The molecule has 0 bridgehead atoms. The van der Waals surface area contributed by atoms with Crippen LogP contribution >= 0.6 is 0 Å². The van der Waals surface area contributed by atoms with E-state index in [1.165, 1.54) is 25.7 Å². The molecule has 3 rings (SSSR count). The summed E-state index contributed by atoms with van der Waals surface area (Å²) in [5, 5.41) is 0. The molecular weight excluding hydrogens is 312 g/mol. The van der Waals surface area contributed by atoms with Crippen LogP contribution in [-0.2, 0) is 0 Å². The van der Waals surface area contributed by atoms with Crippen LogP contribution < -0.4 is 0 Å². The molecule has 0 saturated heterocycles. The van der Waals surface area contributed by atoms with Crippen LogP contribution in [-0.4, -0.2) is 0 Å². The summed E-state index contributed by atoms with van der Waals surface area (Å²) in [6, 6.07) is 0. The van der Waals surface area contributed by atoms with Gasteiger partial charge in [0.05, 0.1) is 0 Å². The van der Waals surface area contributed by atoms with Crippen molar-refractivity contribution in [1.29, 1.82) is 0 Å². The molecule has 0 spiro atoms. The van der Waals surface area contributed by atoms with Crippen molar-refractivity contribution in [2.75, 3.05) is 0 Å². The van der Waals surface area contributed by atoms with Gasteiger partial charge in [-0.25, -0.2) is 0 Å². The molecule has 0 aromatic heterocycles. The second kappa shape index (κ2) is 9.97. The maximum absolute atomic E-state index is 2.55.